The molecule has 1 saturated heterocycles. The minimum absolute atomic E-state index is 0.00501. The van der Waals surface area contributed by atoms with Crippen molar-refractivity contribution in [3.63, 3.8) is 0 Å². The van der Waals surface area contributed by atoms with Crippen LogP contribution in [-0.4, -0.2) is 47.4 Å². The average molecular weight is 186 g/mol. The van der Waals surface area contributed by atoms with Gasteiger partial charge in [0.1, 0.15) is 6.04 Å². The summed E-state index contributed by atoms with van der Waals surface area (Å²) in [6, 6.07) is -0.913. The van der Waals surface area contributed by atoms with Crippen molar-refractivity contribution in [3.05, 3.63) is 0 Å². The summed E-state index contributed by atoms with van der Waals surface area (Å²) in [5, 5.41) is 10.8. The highest BCUT2D eigenvalue weighted by Gasteiger charge is 2.31. The number of carboxylic acid groups (broad SMARTS) is 1. The average Bonchev–Trinajstić information content (AvgIpc) is 1.98. The third-order valence-corrected chi connectivity index (χ3v) is 1.77. The summed E-state index contributed by atoms with van der Waals surface area (Å²) in [5.74, 6) is -1.79. The summed E-state index contributed by atoms with van der Waals surface area (Å²) in [4.78, 5) is 33.7. The predicted molar refractivity (Wildman–Crippen MR) is 41.8 cm³/mol. The highest BCUT2D eigenvalue weighted by Crippen LogP contribution is 2.03. The molecule has 13 heavy (non-hydrogen) atoms. The second kappa shape index (κ2) is 3.42. The van der Waals surface area contributed by atoms with Gasteiger partial charge in [0, 0.05) is 7.05 Å². The first-order valence-corrected chi connectivity index (χ1v) is 3.77. The fourth-order valence-electron chi connectivity index (χ4n) is 1.17. The number of amides is 2. The van der Waals surface area contributed by atoms with Crippen molar-refractivity contribution in [2.75, 3.05) is 13.6 Å². The molecule has 1 heterocycles. The van der Waals surface area contributed by atoms with Crippen LogP contribution in [-0.2, 0) is 14.4 Å². The van der Waals surface area contributed by atoms with Crippen molar-refractivity contribution in [2.45, 2.75) is 12.5 Å². The molecule has 1 unspecified atom stereocenters. The Balaban J connectivity index is 2.66. The Morgan fingerprint density at radius 1 is 1.69 bits per heavy atom. The number of piperazine rings is 1. The second-order valence-electron chi connectivity index (χ2n) is 2.91. The lowest BCUT2D eigenvalue weighted by molar-refractivity contribution is -0.147. The van der Waals surface area contributed by atoms with Crippen LogP contribution in [0, 0.1) is 0 Å². The third-order valence-electron chi connectivity index (χ3n) is 1.77. The molecule has 0 bridgehead atoms. The minimum Gasteiger partial charge on any atom is -0.481 e. The molecule has 1 rings (SSSR count). The fourth-order valence-corrected chi connectivity index (χ4v) is 1.17. The lowest BCUT2D eigenvalue weighted by Gasteiger charge is -2.28. The van der Waals surface area contributed by atoms with Crippen LogP contribution in [0.15, 0.2) is 0 Å². The molecule has 1 aliphatic heterocycles. The van der Waals surface area contributed by atoms with Crippen LogP contribution in [0.25, 0.3) is 0 Å². The first-order valence-electron chi connectivity index (χ1n) is 3.77. The molecule has 6 heteroatoms. The molecule has 6 nitrogen and oxygen atoms in total. The van der Waals surface area contributed by atoms with Crippen molar-refractivity contribution in [1.29, 1.82) is 0 Å². The first-order chi connectivity index (χ1) is 6.00. The van der Waals surface area contributed by atoms with E-state index in [0.29, 0.717) is 0 Å². The van der Waals surface area contributed by atoms with Gasteiger partial charge in [0.2, 0.25) is 11.8 Å². The van der Waals surface area contributed by atoms with Gasteiger partial charge in [0.05, 0.1) is 13.0 Å². The lowest BCUT2D eigenvalue weighted by atomic mass is 10.1. The normalized spacial score (nSPS) is 22.8. The van der Waals surface area contributed by atoms with Crippen molar-refractivity contribution in [2.24, 2.45) is 0 Å². The maximum atomic E-state index is 11.3. The van der Waals surface area contributed by atoms with Crippen molar-refractivity contribution in [3.8, 4) is 0 Å². The zero-order valence-electron chi connectivity index (χ0n) is 7.11. The third kappa shape index (κ3) is 2.17. The van der Waals surface area contributed by atoms with E-state index in [-0.39, 0.29) is 24.8 Å². The maximum absolute atomic E-state index is 11.3. The summed E-state index contributed by atoms with van der Waals surface area (Å²) in [6.07, 6.45) is -0.366. The summed E-state index contributed by atoms with van der Waals surface area (Å²) in [5.41, 5.74) is 0. The SMILES string of the molecule is CN1CC(=O)NC(CC(=O)O)C1=O. The van der Waals surface area contributed by atoms with Gasteiger partial charge < -0.3 is 15.3 Å². The monoisotopic (exact) mass is 186 g/mol. The molecule has 0 aromatic carbocycles. The molecule has 72 valence electrons. The van der Waals surface area contributed by atoms with Crippen molar-refractivity contribution < 1.29 is 19.5 Å². The Morgan fingerprint density at radius 2 is 2.31 bits per heavy atom. The molecule has 1 fully saturated rings. The second-order valence-corrected chi connectivity index (χ2v) is 2.91. The van der Waals surface area contributed by atoms with Crippen LogP contribution in [0.1, 0.15) is 6.42 Å². The van der Waals surface area contributed by atoms with E-state index in [2.05, 4.69) is 5.32 Å². The van der Waals surface area contributed by atoms with Gasteiger partial charge in [-0.05, 0) is 0 Å². The van der Waals surface area contributed by atoms with Crippen LogP contribution < -0.4 is 5.32 Å². The molecule has 0 aromatic rings. The van der Waals surface area contributed by atoms with Gasteiger partial charge in [0.25, 0.3) is 0 Å². The van der Waals surface area contributed by atoms with Gasteiger partial charge >= 0.3 is 5.97 Å². The summed E-state index contributed by atoms with van der Waals surface area (Å²) in [7, 11) is 1.47. The van der Waals surface area contributed by atoms with Crippen LogP contribution in [0.2, 0.25) is 0 Å². The molecular formula is C7H10N2O4. The highest BCUT2D eigenvalue weighted by atomic mass is 16.4. The van der Waals surface area contributed by atoms with E-state index in [0.717, 1.165) is 0 Å². The Morgan fingerprint density at radius 3 is 2.85 bits per heavy atom. The van der Waals surface area contributed by atoms with Crippen molar-refractivity contribution >= 4 is 17.8 Å². The standard InChI is InChI=1S/C7H10N2O4/c1-9-3-5(10)8-4(7(9)13)2-6(11)12/h4H,2-3H2,1H3,(H,8,10)(H,11,12). The topological polar surface area (TPSA) is 86.7 Å². The number of aliphatic carboxylic acids is 1. The van der Waals surface area contributed by atoms with Crippen LogP contribution in [0.5, 0.6) is 0 Å². The molecule has 2 amide bonds. The molecule has 1 atom stereocenters. The molecule has 0 saturated carbocycles. The number of carbonyl (C=O) groups is 3. The molecular weight excluding hydrogens is 176 g/mol. The zero-order valence-corrected chi connectivity index (χ0v) is 7.11. The molecule has 0 radical (unpaired) electrons. The quantitative estimate of drug-likeness (QED) is 0.544. The van der Waals surface area contributed by atoms with E-state index >= 15 is 0 Å². The maximum Gasteiger partial charge on any atom is 0.305 e. The molecule has 1 aliphatic rings. The lowest BCUT2D eigenvalue weighted by Crippen LogP contribution is -2.57. The molecule has 0 aliphatic carbocycles. The van der Waals surface area contributed by atoms with Crippen LogP contribution >= 0.6 is 0 Å². The number of nitrogens with one attached hydrogen (secondary N) is 1. The molecule has 2 N–H and O–H groups in total. The Labute approximate surface area is 74.5 Å². The minimum atomic E-state index is -1.10. The van der Waals surface area contributed by atoms with E-state index in [4.69, 9.17) is 5.11 Å². The number of hydrogen-bond donors (Lipinski definition) is 2. The number of hydrogen-bond acceptors (Lipinski definition) is 3. The predicted octanol–water partition coefficient (Wildman–Crippen LogP) is -1.58. The smallest absolute Gasteiger partial charge is 0.305 e. The first kappa shape index (κ1) is 9.50. The van der Waals surface area contributed by atoms with Gasteiger partial charge in [0.15, 0.2) is 0 Å². The Hall–Kier alpha value is -1.59. The van der Waals surface area contributed by atoms with E-state index in [1.165, 1.54) is 11.9 Å². The number of carboxylic acids is 1. The van der Waals surface area contributed by atoms with Crippen molar-refractivity contribution in [1.82, 2.24) is 10.2 Å². The van der Waals surface area contributed by atoms with Gasteiger partial charge in [-0.2, -0.15) is 0 Å². The van der Waals surface area contributed by atoms with Gasteiger partial charge in [-0.25, -0.2) is 0 Å². The van der Waals surface area contributed by atoms with Gasteiger partial charge in [-0.15, -0.1) is 0 Å². The Bertz CT molecular complexity index is 261. The summed E-state index contributed by atoms with van der Waals surface area (Å²) >= 11 is 0. The van der Waals surface area contributed by atoms with E-state index in [9.17, 15) is 14.4 Å². The number of nitrogens with zero attached hydrogens (tertiary/aromatic N) is 1. The fraction of sp³-hybridized carbons (Fsp3) is 0.571. The highest BCUT2D eigenvalue weighted by molar-refractivity contribution is 5.96. The van der Waals surface area contributed by atoms with Gasteiger partial charge in [-0.1, -0.05) is 0 Å². The van der Waals surface area contributed by atoms with Gasteiger partial charge in [-0.3, -0.25) is 14.4 Å². The van der Waals surface area contributed by atoms with E-state index < -0.39 is 12.0 Å². The number of carbonyl (C=O) groups excluding carboxylic acids is 2. The number of rotatable bonds is 2. The van der Waals surface area contributed by atoms with E-state index in [1.54, 1.807) is 0 Å². The molecule has 0 aromatic heterocycles. The zero-order chi connectivity index (χ0) is 10.0. The largest absolute Gasteiger partial charge is 0.481 e. The molecule has 0 spiro atoms. The summed E-state index contributed by atoms with van der Waals surface area (Å²) < 4.78 is 0. The number of likely N-dealkylation sites (N-methyl/N-ethyl adjacent to an activating group) is 1. The Kier molecular flexibility index (Phi) is 2.50. The summed E-state index contributed by atoms with van der Waals surface area (Å²) in [6.45, 7) is -0.00501. The van der Waals surface area contributed by atoms with E-state index in [1.807, 2.05) is 0 Å². The van der Waals surface area contributed by atoms with Crippen LogP contribution in [0.4, 0.5) is 0 Å². The van der Waals surface area contributed by atoms with Crippen LogP contribution in [0.3, 0.4) is 0 Å².